The molecule has 0 atom stereocenters. The second-order valence-corrected chi connectivity index (χ2v) is 8.54. The number of oxazole rings is 1. The van der Waals surface area contributed by atoms with E-state index in [9.17, 15) is 13.2 Å². The van der Waals surface area contributed by atoms with Gasteiger partial charge in [-0.15, -0.1) is 0 Å². The average Bonchev–Trinajstić information content (AvgIpc) is 3.29. The van der Waals surface area contributed by atoms with Gasteiger partial charge in [-0.3, -0.25) is 4.79 Å². The topological polar surface area (TPSA) is 86.5 Å². The molecule has 1 aliphatic carbocycles. The SMILES string of the molecule is COc1cccc(-c2nc(CS(=O)(=O)CC(=O)CC3CC3)c(C)o2)c1. The minimum Gasteiger partial charge on any atom is -0.497 e. The van der Waals surface area contributed by atoms with Crippen LogP contribution in [0.3, 0.4) is 0 Å². The molecule has 6 nitrogen and oxygen atoms in total. The molecule has 0 saturated heterocycles. The Bertz CT molecular complexity index is 881. The molecule has 0 amide bonds. The summed E-state index contributed by atoms with van der Waals surface area (Å²) in [7, 11) is -1.99. The van der Waals surface area contributed by atoms with Gasteiger partial charge in [0.25, 0.3) is 0 Å². The molecule has 1 saturated carbocycles. The molecule has 25 heavy (non-hydrogen) atoms. The van der Waals surface area contributed by atoms with Gasteiger partial charge in [-0.05, 0) is 43.9 Å². The molecule has 3 rings (SSSR count). The van der Waals surface area contributed by atoms with Crippen molar-refractivity contribution in [1.29, 1.82) is 0 Å². The predicted molar refractivity (Wildman–Crippen MR) is 93.1 cm³/mol. The van der Waals surface area contributed by atoms with E-state index in [0.717, 1.165) is 12.8 Å². The number of benzene rings is 1. The number of methoxy groups -OCH3 is 1. The maximum atomic E-state index is 12.3. The zero-order chi connectivity index (χ0) is 18.0. The van der Waals surface area contributed by atoms with Crippen LogP contribution in [0.15, 0.2) is 28.7 Å². The van der Waals surface area contributed by atoms with E-state index in [1.54, 1.807) is 32.2 Å². The van der Waals surface area contributed by atoms with Gasteiger partial charge in [0.15, 0.2) is 9.84 Å². The van der Waals surface area contributed by atoms with Crippen molar-refractivity contribution in [3.63, 3.8) is 0 Å². The number of nitrogens with zero attached hydrogens (tertiary/aromatic N) is 1. The number of ketones is 1. The first kappa shape index (κ1) is 17.7. The van der Waals surface area contributed by atoms with Crippen molar-refractivity contribution in [3.05, 3.63) is 35.7 Å². The molecule has 1 aliphatic rings. The van der Waals surface area contributed by atoms with Crippen molar-refractivity contribution in [3.8, 4) is 17.2 Å². The van der Waals surface area contributed by atoms with Gasteiger partial charge in [-0.25, -0.2) is 13.4 Å². The quantitative estimate of drug-likeness (QED) is 0.717. The zero-order valence-electron chi connectivity index (χ0n) is 14.3. The molecule has 0 radical (unpaired) electrons. The van der Waals surface area contributed by atoms with E-state index in [-0.39, 0.29) is 11.5 Å². The zero-order valence-corrected chi connectivity index (χ0v) is 15.1. The van der Waals surface area contributed by atoms with Crippen molar-refractivity contribution >= 4 is 15.6 Å². The molecule has 0 spiro atoms. The van der Waals surface area contributed by atoms with Gasteiger partial charge in [-0.2, -0.15) is 0 Å². The molecular weight excluding hydrogens is 342 g/mol. The maximum absolute atomic E-state index is 12.3. The van der Waals surface area contributed by atoms with E-state index in [2.05, 4.69) is 4.98 Å². The number of hydrogen-bond acceptors (Lipinski definition) is 6. The maximum Gasteiger partial charge on any atom is 0.226 e. The van der Waals surface area contributed by atoms with Crippen LogP contribution >= 0.6 is 0 Å². The van der Waals surface area contributed by atoms with E-state index in [4.69, 9.17) is 9.15 Å². The standard InChI is InChI=1S/C18H21NO5S/c1-12-17(11-25(21,22)10-15(20)8-13-6-7-13)19-18(24-12)14-4-3-5-16(9-14)23-2/h3-5,9,13H,6-8,10-11H2,1-2H3. The number of sulfone groups is 1. The lowest BCUT2D eigenvalue weighted by Gasteiger charge is -2.02. The van der Waals surface area contributed by atoms with Crippen LogP contribution in [-0.4, -0.2) is 32.0 Å². The Kier molecular flexibility index (Phi) is 4.94. The summed E-state index contributed by atoms with van der Waals surface area (Å²) in [5.74, 6) is 0.899. The first-order chi connectivity index (χ1) is 11.9. The Hall–Kier alpha value is -2.15. The summed E-state index contributed by atoms with van der Waals surface area (Å²) in [4.78, 5) is 16.2. The van der Waals surface area contributed by atoms with Gasteiger partial charge in [-0.1, -0.05) is 6.07 Å². The molecule has 0 N–H and O–H groups in total. The molecule has 1 heterocycles. The number of ether oxygens (including phenoxy) is 1. The van der Waals surface area contributed by atoms with Gasteiger partial charge < -0.3 is 9.15 Å². The van der Waals surface area contributed by atoms with E-state index in [1.165, 1.54) is 0 Å². The highest BCUT2D eigenvalue weighted by molar-refractivity contribution is 7.91. The first-order valence-electron chi connectivity index (χ1n) is 8.19. The van der Waals surface area contributed by atoms with Crippen molar-refractivity contribution in [2.75, 3.05) is 12.9 Å². The molecule has 1 aromatic heterocycles. The van der Waals surface area contributed by atoms with E-state index in [0.29, 0.717) is 41.0 Å². The number of rotatable bonds is 8. The van der Waals surface area contributed by atoms with E-state index >= 15 is 0 Å². The molecule has 7 heteroatoms. The summed E-state index contributed by atoms with van der Waals surface area (Å²) in [5, 5.41) is 0. The number of carbonyl (C=O) groups is 1. The number of aromatic nitrogens is 1. The second-order valence-electron chi connectivity index (χ2n) is 6.47. The third-order valence-corrected chi connectivity index (χ3v) is 5.64. The van der Waals surface area contributed by atoms with Gasteiger partial charge in [0.1, 0.15) is 23.0 Å². The molecule has 0 unspecified atom stereocenters. The van der Waals surface area contributed by atoms with Crippen LogP contribution in [0, 0.1) is 12.8 Å². The van der Waals surface area contributed by atoms with Crippen LogP contribution in [0.4, 0.5) is 0 Å². The van der Waals surface area contributed by atoms with Crippen LogP contribution < -0.4 is 4.74 Å². The summed E-state index contributed by atoms with van der Waals surface area (Å²) in [6.45, 7) is 1.67. The summed E-state index contributed by atoms with van der Waals surface area (Å²) in [6.07, 6.45) is 2.42. The van der Waals surface area contributed by atoms with Crippen LogP contribution in [0.2, 0.25) is 0 Å². The lowest BCUT2D eigenvalue weighted by Crippen LogP contribution is -2.18. The summed E-state index contributed by atoms with van der Waals surface area (Å²) >= 11 is 0. The minimum absolute atomic E-state index is 0.211. The van der Waals surface area contributed by atoms with E-state index < -0.39 is 15.6 Å². The highest BCUT2D eigenvalue weighted by Gasteiger charge is 2.28. The molecule has 0 aliphatic heterocycles. The van der Waals surface area contributed by atoms with Crippen molar-refractivity contribution < 1.29 is 22.4 Å². The third-order valence-electron chi connectivity index (χ3n) is 4.16. The van der Waals surface area contributed by atoms with E-state index in [1.807, 2.05) is 6.07 Å². The fourth-order valence-corrected chi connectivity index (χ4v) is 4.04. The van der Waals surface area contributed by atoms with Gasteiger partial charge >= 0.3 is 0 Å². The highest BCUT2D eigenvalue weighted by Crippen LogP contribution is 2.32. The Morgan fingerprint density at radius 2 is 2.12 bits per heavy atom. The lowest BCUT2D eigenvalue weighted by atomic mass is 10.2. The minimum atomic E-state index is -3.55. The number of hydrogen-bond donors (Lipinski definition) is 0. The first-order valence-corrected chi connectivity index (χ1v) is 10.0. The Labute approximate surface area is 147 Å². The average molecular weight is 363 g/mol. The fourth-order valence-electron chi connectivity index (χ4n) is 2.65. The lowest BCUT2D eigenvalue weighted by molar-refractivity contribution is -0.117. The van der Waals surface area contributed by atoms with Crippen LogP contribution in [-0.2, 0) is 20.4 Å². The van der Waals surface area contributed by atoms with Gasteiger partial charge in [0.2, 0.25) is 5.89 Å². The molecule has 134 valence electrons. The largest absolute Gasteiger partial charge is 0.497 e. The third kappa shape index (κ3) is 4.69. The second kappa shape index (κ2) is 7.00. The summed E-state index contributed by atoms with van der Waals surface area (Å²) < 4.78 is 35.4. The highest BCUT2D eigenvalue weighted by atomic mass is 32.2. The van der Waals surface area contributed by atoms with Crippen LogP contribution in [0.5, 0.6) is 5.75 Å². The van der Waals surface area contributed by atoms with Crippen LogP contribution in [0.1, 0.15) is 30.7 Å². The van der Waals surface area contributed by atoms with Crippen molar-refractivity contribution in [2.45, 2.75) is 31.9 Å². The summed E-state index contributed by atoms with van der Waals surface area (Å²) in [6, 6.07) is 7.19. The number of carbonyl (C=O) groups excluding carboxylic acids is 1. The Morgan fingerprint density at radius 1 is 1.36 bits per heavy atom. The Morgan fingerprint density at radius 3 is 2.80 bits per heavy atom. The molecule has 1 aromatic carbocycles. The monoisotopic (exact) mass is 363 g/mol. The van der Waals surface area contributed by atoms with Crippen molar-refractivity contribution in [1.82, 2.24) is 4.98 Å². The van der Waals surface area contributed by atoms with Gasteiger partial charge in [0, 0.05) is 12.0 Å². The molecule has 1 fully saturated rings. The summed E-state index contributed by atoms with van der Waals surface area (Å²) in [5.41, 5.74) is 1.05. The normalized spacial score (nSPS) is 14.5. The smallest absolute Gasteiger partial charge is 0.226 e. The molecule has 2 aromatic rings. The number of Topliss-reactive ketones (excluding diaryl/α,β-unsaturated/α-hetero) is 1. The van der Waals surface area contributed by atoms with Crippen LogP contribution in [0.25, 0.3) is 11.5 Å². The fraction of sp³-hybridized carbons (Fsp3) is 0.444. The molecule has 0 bridgehead atoms. The predicted octanol–water partition coefficient (Wildman–Crippen LogP) is 2.94. The Balaban J connectivity index is 1.74. The van der Waals surface area contributed by atoms with Crippen molar-refractivity contribution in [2.24, 2.45) is 5.92 Å². The molecular formula is C18H21NO5S. The number of aryl methyl sites for hydroxylation is 1. The van der Waals surface area contributed by atoms with Gasteiger partial charge in [0.05, 0.1) is 18.6 Å².